The van der Waals surface area contributed by atoms with Gasteiger partial charge in [0.2, 0.25) is 0 Å². The summed E-state index contributed by atoms with van der Waals surface area (Å²) in [5, 5.41) is 2.88. The number of likely N-dealkylation sites (tertiary alicyclic amines) is 1. The average molecular weight is 287 g/mol. The highest BCUT2D eigenvalue weighted by atomic mass is 19.4. The SMILES string of the molecule is CNc1ccncc1C(=O)N1CCC(C(F)(F)F)CC1. The number of carbonyl (C=O) groups is 1. The molecule has 20 heavy (non-hydrogen) atoms. The number of hydrogen-bond acceptors (Lipinski definition) is 3. The van der Waals surface area contributed by atoms with Crippen LogP contribution in [0.5, 0.6) is 0 Å². The van der Waals surface area contributed by atoms with Gasteiger partial charge in [-0.05, 0) is 18.9 Å². The highest BCUT2D eigenvalue weighted by molar-refractivity contribution is 5.99. The van der Waals surface area contributed by atoms with Crippen molar-refractivity contribution < 1.29 is 18.0 Å². The van der Waals surface area contributed by atoms with Gasteiger partial charge < -0.3 is 10.2 Å². The fraction of sp³-hybridized carbons (Fsp3) is 0.538. The second kappa shape index (κ2) is 5.68. The number of halogens is 3. The Morgan fingerprint density at radius 1 is 1.40 bits per heavy atom. The van der Waals surface area contributed by atoms with Gasteiger partial charge in [0.05, 0.1) is 11.5 Å². The molecule has 4 nitrogen and oxygen atoms in total. The molecule has 0 atom stereocenters. The maximum Gasteiger partial charge on any atom is 0.391 e. The van der Waals surface area contributed by atoms with Crippen molar-refractivity contribution in [1.29, 1.82) is 0 Å². The van der Waals surface area contributed by atoms with Gasteiger partial charge in [0, 0.05) is 38.2 Å². The first kappa shape index (κ1) is 14.6. The summed E-state index contributed by atoms with van der Waals surface area (Å²) >= 11 is 0. The van der Waals surface area contributed by atoms with Gasteiger partial charge in [-0.1, -0.05) is 0 Å². The van der Waals surface area contributed by atoms with Crippen molar-refractivity contribution in [3.05, 3.63) is 24.0 Å². The van der Waals surface area contributed by atoms with Gasteiger partial charge >= 0.3 is 6.18 Å². The van der Waals surface area contributed by atoms with Gasteiger partial charge in [0.25, 0.3) is 5.91 Å². The van der Waals surface area contributed by atoms with Crippen LogP contribution in [0.3, 0.4) is 0 Å². The van der Waals surface area contributed by atoms with Crippen LogP contribution >= 0.6 is 0 Å². The Kier molecular flexibility index (Phi) is 4.15. The van der Waals surface area contributed by atoms with Crippen LogP contribution in [0.2, 0.25) is 0 Å². The molecule has 1 aliphatic rings. The number of anilines is 1. The minimum atomic E-state index is -4.17. The van der Waals surface area contributed by atoms with Gasteiger partial charge in [-0.3, -0.25) is 9.78 Å². The Morgan fingerprint density at radius 3 is 2.60 bits per heavy atom. The van der Waals surface area contributed by atoms with Crippen molar-refractivity contribution in [3.63, 3.8) is 0 Å². The summed E-state index contributed by atoms with van der Waals surface area (Å²) in [4.78, 5) is 17.7. The van der Waals surface area contributed by atoms with Crippen molar-refractivity contribution in [3.8, 4) is 0 Å². The Morgan fingerprint density at radius 2 is 2.05 bits per heavy atom. The largest absolute Gasteiger partial charge is 0.391 e. The molecule has 1 saturated heterocycles. The van der Waals surface area contributed by atoms with E-state index in [-0.39, 0.29) is 31.8 Å². The molecule has 0 saturated carbocycles. The summed E-state index contributed by atoms with van der Waals surface area (Å²) in [7, 11) is 1.68. The van der Waals surface area contributed by atoms with E-state index in [4.69, 9.17) is 0 Å². The molecule has 0 radical (unpaired) electrons. The molecule has 0 aliphatic carbocycles. The zero-order valence-electron chi connectivity index (χ0n) is 11.1. The molecule has 0 spiro atoms. The van der Waals surface area contributed by atoms with Gasteiger partial charge in [-0.25, -0.2) is 0 Å². The average Bonchev–Trinajstić information content (AvgIpc) is 2.45. The highest BCUT2D eigenvalue weighted by Crippen LogP contribution is 2.34. The fourth-order valence-corrected chi connectivity index (χ4v) is 2.36. The number of hydrogen-bond donors (Lipinski definition) is 1. The number of carbonyl (C=O) groups excluding carboxylic acids is 1. The van der Waals surface area contributed by atoms with Gasteiger partial charge in [-0.15, -0.1) is 0 Å². The number of nitrogens with zero attached hydrogens (tertiary/aromatic N) is 2. The molecule has 1 aliphatic heterocycles. The molecular formula is C13H16F3N3O. The molecule has 7 heteroatoms. The van der Waals surface area contributed by atoms with Crippen LogP contribution in [0, 0.1) is 5.92 Å². The zero-order valence-corrected chi connectivity index (χ0v) is 11.1. The number of pyridine rings is 1. The monoisotopic (exact) mass is 287 g/mol. The molecular weight excluding hydrogens is 271 g/mol. The van der Waals surface area contributed by atoms with Crippen molar-refractivity contribution in [2.24, 2.45) is 5.92 Å². The lowest BCUT2D eigenvalue weighted by Crippen LogP contribution is -2.42. The zero-order chi connectivity index (χ0) is 14.8. The van der Waals surface area contributed by atoms with E-state index < -0.39 is 12.1 Å². The Hall–Kier alpha value is -1.79. The Bertz CT molecular complexity index is 482. The van der Waals surface area contributed by atoms with Crippen molar-refractivity contribution in [1.82, 2.24) is 9.88 Å². The van der Waals surface area contributed by atoms with E-state index in [9.17, 15) is 18.0 Å². The standard InChI is InChI=1S/C13H16F3N3O/c1-17-11-2-5-18-8-10(11)12(20)19-6-3-9(4-7-19)13(14,15)16/h2,5,8-9H,3-4,6-7H2,1H3,(H,17,18). The molecule has 1 amide bonds. The topological polar surface area (TPSA) is 45.2 Å². The minimum Gasteiger partial charge on any atom is -0.387 e. The molecule has 1 aromatic heterocycles. The van der Waals surface area contributed by atoms with E-state index in [0.717, 1.165) is 0 Å². The van der Waals surface area contributed by atoms with Crippen molar-refractivity contribution in [2.45, 2.75) is 19.0 Å². The summed E-state index contributed by atoms with van der Waals surface area (Å²) in [6.45, 7) is 0.252. The molecule has 0 unspecified atom stereocenters. The lowest BCUT2D eigenvalue weighted by Gasteiger charge is -2.33. The third kappa shape index (κ3) is 3.02. The molecule has 1 aromatic rings. The van der Waals surface area contributed by atoms with Crippen molar-refractivity contribution >= 4 is 11.6 Å². The van der Waals surface area contributed by atoms with Crippen LogP contribution in [0.1, 0.15) is 23.2 Å². The maximum atomic E-state index is 12.6. The molecule has 2 rings (SSSR count). The second-order valence-electron chi connectivity index (χ2n) is 4.78. The van der Waals surface area contributed by atoms with Crippen LogP contribution < -0.4 is 5.32 Å². The lowest BCUT2D eigenvalue weighted by atomic mass is 9.96. The van der Waals surface area contributed by atoms with Crippen LogP contribution in [0.25, 0.3) is 0 Å². The quantitative estimate of drug-likeness (QED) is 0.909. The second-order valence-corrected chi connectivity index (χ2v) is 4.78. The number of amides is 1. The van der Waals surface area contributed by atoms with E-state index in [1.54, 1.807) is 19.3 Å². The smallest absolute Gasteiger partial charge is 0.387 e. The van der Waals surface area contributed by atoms with E-state index in [1.807, 2.05) is 0 Å². The molecule has 0 bridgehead atoms. The molecule has 110 valence electrons. The molecule has 1 N–H and O–H groups in total. The summed E-state index contributed by atoms with van der Waals surface area (Å²) in [5.41, 5.74) is 1.02. The molecule has 1 fully saturated rings. The summed E-state index contributed by atoms with van der Waals surface area (Å²) in [6, 6.07) is 1.66. The number of aromatic nitrogens is 1. The molecule has 0 aromatic carbocycles. The van der Waals surface area contributed by atoms with E-state index >= 15 is 0 Å². The van der Waals surface area contributed by atoms with Crippen LogP contribution in [-0.2, 0) is 0 Å². The highest BCUT2D eigenvalue weighted by Gasteiger charge is 2.41. The first-order valence-electron chi connectivity index (χ1n) is 6.41. The Balaban J connectivity index is 2.05. The number of piperidine rings is 1. The van der Waals surface area contributed by atoms with E-state index in [0.29, 0.717) is 11.3 Å². The predicted molar refractivity (Wildman–Crippen MR) is 68.5 cm³/mol. The third-order valence-corrected chi connectivity index (χ3v) is 3.57. The predicted octanol–water partition coefficient (Wildman–Crippen LogP) is 2.54. The first-order valence-corrected chi connectivity index (χ1v) is 6.41. The third-order valence-electron chi connectivity index (χ3n) is 3.57. The fourth-order valence-electron chi connectivity index (χ4n) is 2.36. The Labute approximate surface area is 115 Å². The summed E-state index contributed by atoms with van der Waals surface area (Å²) < 4.78 is 37.8. The van der Waals surface area contributed by atoms with Gasteiger partial charge in [0.15, 0.2) is 0 Å². The van der Waals surface area contributed by atoms with Crippen LogP contribution in [-0.4, -0.2) is 42.1 Å². The van der Waals surface area contributed by atoms with Crippen LogP contribution in [0.15, 0.2) is 18.5 Å². The number of rotatable bonds is 2. The normalized spacial score (nSPS) is 17.1. The summed E-state index contributed by atoms with van der Waals surface area (Å²) in [5.74, 6) is -1.58. The van der Waals surface area contributed by atoms with Gasteiger partial charge in [0.1, 0.15) is 0 Å². The van der Waals surface area contributed by atoms with Crippen LogP contribution in [0.4, 0.5) is 18.9 Å². The first-order chi connectivity index (χ1) is 9.43. The van der Waals surface area contributed by atoms with Crippen molar-refractivity contribution in [2.75, 3.05) is 25.5 Å². The van der Waals surface area contributed by atoms with E-state index in [1.165, 1.54) is 11.1 Å². The molecule has 2 heterocycles. The van der Waals surface area contributed by atoms with E-state index in [2.05, 4.69) is 10.3 Å². The number of alkyl halides is 3. The lowest BCUT2D eigenvalue weighted by molar-refractivity contribution is -0.183. The maximum absolute atomic E-state index is 12.6. The summed E-state index contributed by atoms with van der Waals surface area (Å²) in [6.07, 6.45) is -1.25. The number of nitrogens with one attached hydrogen (secondary N) is 1. The van der Waals surface area contributed by atoms with Gasteiger partial charge in [-0.2, -0.15) is 13.2 Å². The minimum absolute atomic E-state index is 0.0373.